The van der Waals surface area contributed by atoms with Crippen molar-refractivity contribution < 1.29 is 0 Å². The SMILES string of the molecule is CC(C)Cc1ccc(-c2ncccc2N)cc1. The number of nitrogens with zero attached hydrogens (tertiary/aromatic N) is 1. The summed E-state index contributed by atoms with van der Waals surface area (Å²) in [6.07, 6.45) is 2.88. The third kappa shape index (κ3) is 2.84. The van der Waals surface area contributed by atoms with Crippen LogP contribution in [0, 0.1) is 5.92 Å². The van der Waals surface area contributed by atoms with E-state index in [0.29, 0.717) is 5.92 Å². The highest BCUT2D eigenvalue weighted by atomic mass is 14.7. The molecule has 2 N–H and O–H groups in total. The molecule has 0 aliphatic carbocycles. The standard InChI is InChI=1S/C15H18N2/c1-11(2)10-12-5-7-13(8-6-12)15-14(16)4-3-9-17-15/h3-9,11H,10,16H2,1-2H3. The Bertz CT molecular complexity index is 487. The Hall–Kier alpha value is -1.83. The molecule has 0 spiro atoms. The molecule has 0 radical (unpaired) electrons. The second kappa shape index (κ2) is 5.00. The van der Waals surface area contributed by atoms with E-state index in [1.54, 1.807) is 6.20 Å². The van der Waals surface area contributed by atoms with Gasteiger partial charge in [0.15, 0.2) is 0 Å². The van der Waals surface area contributed by atoms with E-state index in [-0.39, 0.29) is 0 Å². The Morgan fingerprint density at radius 2 is 1.82 bits per heavy atom. The fourth-order valence-electron chi connectivity index (χ4n) is 1.93. The third-order valence-electron chi connectivity index (χ3n) is 2.71. The highest BCUT2D eigenvalue weighted by Crippen LogP contribution is 2.23. The van der Waals surface area contributed by atoms with Crippen molar-refractivity contribution in [2.45, 2.75) is 20.3 Å². The molecule has 2 nitrogen and oxygen atoms in total. The Balaban J connectivity index is 2.27. The van der Waals surface area contributed by atoms with Gasteiger partial charge in [0.1, 0.15) is 0 Å². The molecular formula is C15H18N2. The number of rotatable bonds is 3. The summed E-state index contributed by atoms with van der Waals surface area (Å²) in [6.45, 7) is 4.45. The van der Waals surface area contributed by atoms with Crippen molar-refractivity contribution in [3.63, 3.8) is 0 Å². The second-order valence-electron chi connectivity index (χ2n) is 4.74. The molecule has 1 heterocycles. The van der Waals surface area contributed by atoms with Crippen LogP contribution in [0.2, 0.25) is 0 Å². The summed E-state index contributed by atoms with van der Waals surface area (Å²) in [5.41, 5.74) is 9.94. The van der Waals surface area contributed by atoms with Crippen molar-refractivity contribution in [3.05, 3.63) is 48.2 Å². The number of hydrogen-bond donors (Lipinski definition) is 1. The summed E-state index contributed by atoms with van der Waals surface area (Å²) in [4.78, 5) is 4.31. The number of nitrogen functional groups attached to an aromatic ring is 1. The summed E-state index contributed by atoms with van der Waals surface area (Å²) in [7, 11) is 0. The van der Waals surface area contributed by atoms with E-state index in [2.05, 4.69) is 43.1 Å². The number of nitrogens with two attached hydrogens (primary N) is 1. The van der Waals surface area contributed by atoms with Gasteiger partial charge in [-0.05, 0) is 30.0 Å². The normalized spacial score (nSPS) is 10.8. The smallest absolute Gasteiger partial charge is 0.0931 e. The molecule has 0 saturated carbocycles. The first-order valence-electron chi connectivity index (χ1n) is 5.96. The average molecular weight is 226 g/mol. The number of aromatic nitrogens is 1. The predicted molar refractivity (Wildman–Crippen MR) is 72.6 cm³/mol. The van der Waals surface area contributed by atoms with Crippen molar-refractivity contribution in [3.8, 4) is 11.3 Å². The van der Waals surface area contributed by atoms with Gasteiger partial charge in [-0.1, -0.05) is 38.1 Å². The first kappa shape index (κ1) is 11.6. The summed E-state index contributed by atoms with van der Waals surface area (Å²) in [5.74, 6) is 0.681. The Labute approximate surface area is 103 Å². The number of pyridine rings is 1. The largest absolute Gasteiger partial charge is 0.397 e. The van der Waals surface area contributed by atoms with E-state index in [1.807, 2.05) is 12.1 Å². The van der Waals surface area contributed by atoms with Gasteiger partial charge < -0.3 is 5.73 Å². The van der Waals surface area contributed by atoms with Gasteiger partial charge in [-0.3, -0.25) is 4.98 Å². The van der Waals surface area contributed by atoms with Crippen molar-refractivity contribution >= 4 is 5.69 Å². The molecule has 0 aliphatic rings. The number of benzene rings is 1. The van der Waals surface area contributed by atoms with Crippen molar-refractivity contribution in [2.75, 3.05) is 5.73 Å². The molecule has 2 rings (SSSR count). The summed E-state index contributed by atoms with van der Waals surface area (Å²) >= 11 is 0. The zero-order chi connectivity index (χ0) is 12.3. The lowest BCUT2D eigenvalue weighted by Gasteiger charge is -2.07. The predicted octanol–water partition coefficient (Wildman–Crippen LogP) is 3.53. The van der Waals surface area contributed by atoms with Crippen LogP contribution in [0.3, 0.4) is 0 Å². The van der Waals surface area contributed by atoms with Crippen LogP contribution < -0.4 is 5.73 Å². The highest BCUT2D eigenvalue weighted by Gasteiger charge is 2.03. The Kier molecular flexibility index (Phi) is 3.43. The molecule has 1 aromatic heterocycles. The van der Waals surface area contributed by atoms with Gasteiger partial charge in [0, 0.05) is 11.8 Å². The Morgan fingerprint density at radius 1 is 1.12 bits per heavy atom. The molecule has 88 valence electrons. The van der Waals surface area contributed by atoms with E-state index < -0.39 is 0 Å². The van der Waals surface area contributed by atoms with Gasteiger partial charge in [0.2, 0.25) is 0 Å². The molecule has 2 aromatic rings. The molecule has 17 heavy (non-hydrogen) atoms. The topological polar surface area (TPSA) is 38.9 Å². The maximum Gasteiger partial charge on any atom is 0.0931 e. The third-order valence-corrected chi connectivity index (χ3v) is 2.71. The summed E-state index contributed by atoms with van der Waals surface area (Å²) < 4.78 is 0. The van der Waals surface area contributed by atoms with Crippen LogP contribution in [0.5, 0.6) is 0 Å². The Morgan fingerprint density at radius 3 is 2.41 bits per heavy atom. The molecule has 0 unspecified atom stereocenters. The zero-order valence-electron chi connectivity index (χ0n) is 10.4. The van der Waals surface area contributed by atoms with Gasteiger partial charge >= 0.3 is 0 Å². The molecule has 0 amide bonds. The van der Waals surface area contributed by atoms with Crippen LogP contribution in [0.25, 0.3) is 11.3 Å². The van der Waals surface area contributed by atoms with E-state index >= 15 is 0 Å². The van der Waals surface area contributed by atoms with Gasteiger partial charge in [0.25, 0.3) is 0 Å². The molecule has 0 fully saturated rings. The number of hydrogen-bond acceptors (Lipinski definition) is 2. The van der Waals surface area contributed by atoms with Gasteiger partial charge in [-0.2, -0.15) is 0 Å². The molecule has 0 saturated heterocycles. The molecule has 2 heteroatoms. The van der Waals surface area contributed by atoms with Crippen molar-refractivity contribution in [1.82, 2.24) is 4.98 Å². The van der Waals surface area contributed by atoms with Crippen molar-refractivity contribution in [2.24, 2.45) is 5.92 Å². The lowest BCUT2D eigenvalue weighted by atomic mass is 10.0. The highest BCUT2D eigenvalue weighted by molar-refractivity contribution is 5.72. The fourth-order valence-corrected chi connectivity index (χ4v) is 1.93. The molecule has 0 aliphatic heterocycles. The minimum Gasteiger partial charge on any atom is -0.397 e. The van der Waals surface area contributed by atoms with Crippen molar-refractivity contribution in [1.29, 1.82) is 0 Å². The summed E-state index contributed by atoms with van der Waals surface area (Å²) in [6, 6.07) is 12.2. The quantitative estimate of drug-likeness (QED) is 0.869. The monoisotopic (exact) mass is 226 g/mol. The first-order chi connectivity index (χ1) is 8.16. The van der Waals surface area contributed by atoms with Crippen LogP contribution in [0.4, 0.5) is 5.69 Å². The van der Waals surface area contributed by atoms with Crippen LogP contribution in [-0.2, 0) is 6.42 Å². The van der Waals surface area contributed by atoms with E-state index in [1.165, 1.54) is 5.56 Å². The summed E-state index contributed by atoms with van der Waals surface area (Å²) in [5, 5.41) is 0. The molecule has 1 aromatic carbocycles. The minimum absolute atomic E-state index is 0.681. The maximum atomic E-state index is 5.91. The lowest BCUT2D eigenvalue weighted by molar-refractivity contribution is 0.647. The molecule has 0 atom stereocenters. The van der Waals surface area contributed by atoms with Crippen LogP contribution in [0.1, 0.15) is 19.4 Å². The molecular weight excluding hydrogens is 208 g/mol. The fraction of sp³-hybridized carbons (Fsp3) is 0.267. The van der Waals surface area contributed by atoms with E-state index in [0.717, 1.165) is 23.4 Å². The lowest BCUT2D eigenvalue weighted by Crippen LogP contribution is -1.95. The zero-order valence-corrected chi connectivity index (χ0v) is 10.4. The van der Waals surface area contributed by atoms with Crippen LogP contribution >= 0.6 is 0 Å². The van der Waals surface area contributed by atoms with Crippen LogP contribution in [-0.4, -0.2) is 4.98 Å². The van der Waals surface area contributed by atoms with Crippen LogP contribution in [0.15, 0.2) is 42.6 Å². The van der Waals surface area contributed by atoms with Gasteiger partial charge in [0.05, 0.1) is 11.4 Å². The van der Waals surface area contributed by atoms with E-state index in [4.69, 9.17) is 5.73 Å². The first-order valence-corrected chi connectivity index (χ1v) is 5.96. The maximum absolute atomic E-state index is 5.91. The van der Waals surface area contributed by atoms with Gasteiger partial charge in [-0.15, -0.1) is 0 Å². The van der Waals surface area contributed by atoms with Gasteiger partial charge in [-0.25, -0.2) is 0 Å². The van der Waals surface area contributed by atoms with E-state index in [9.17, 15) is 0 Å². The molecule has 0 bridgehead atoms. The minimum atomic E-state index is 0.681. The number of anilines is 1. The second-order valence-corrected chi connectivity index (χ2v) is 4.74. The average Bonchev–Trinajstić information content (AvgIpc) is 2.30.